The van der Waals surface area contributed by atoms with Crippen molar-refractivity contribution >= 4 is 57.2 Å². The van der Waals surface area contributed by atoms with Gasteiger partial charge in [-0.05, 0) is 30.3 Å². The number of nitrogens with one attached hydrogen (secondary N) is 1. The molecule has 0 radical (unpaired) electrons. The molecule has 0 aliphatic carbocycles. The summed E-state index contributed by atoms with van der Waals surface area (Å²) in [6.07, 6.45) is 0. The van der Waals surface area contributed by atoms with Gasteiger partial charge in [-0.2, -0.15) is 0 Å². The number of ketones is 1. The second-order valence-corrected chi connectivity index (χ2v) is 7.38. The van der Waals surface area contributed by atoms with Crippen molar-refractivity contribution in [2.75, 3.05) is 4.90 Å². The van der Waals surface area contributed by atoms with Crippen molar-refractivity contribution < 1.29 is 9.59 Å². The van der Waals surface area contributed by atoms with Crippen molar-refractivity contribution in [3.05, 3.63) is 94.1 Å². The van der Waals surface area contributed by atoms with E-state index >= 15 is 0 Å². The Balaban J connectivity index is 2.02. The summed E-state index contributed by atoms with van der Waals surface area (Å²) in [5.41, 5.74) is 2.41. The van der Waals surface area contributed by atoms with E-state index in [4.69, 9.17) is 23.2 Å². The number of aromatic amines is 1. The van der Waals surface area contributed by atoms with E-state index < -0.39 is 0 Å². The SMILES string of the molecule is CC(=O)N(c1ccccc1Cl)c1c(C(=O)c2ccccc2)[nH]c2cc(Cl)ccc12. The zero-order chi connectivity index (χ0) is 20.5. The Hall–Kier alpha value is -3.08. The number of nitrogens with zero attached hydrogens (tertiary/aromatic N) is 1. The van der Waals surface area contributed by atoms with Gasteiger partial charge in [0, 0.05) is 28.4 Å². The molecular weight excluding hydrogens is 407 g/mol. The molecule has 0 saturated carbocycles. The summed E-state index contributed by atoms with van der Waals surface area (Å²) < 4.78 is 0. The van der Waals surface area contributed by atoms with Gasteiger partial charge in [-0.15, -0.1) is 0 Å². The lowest BCUT2D eigenvalue weighted by Gasteiger charge is -2.23. The third-order valence-corrected chi connectivity index (χ3v) is 5.18. The average Bonchev–Trinajstić information content (AvgIpc) is 3.07. The van der Waals surface area contributed by atoms with Gasteiger partial charge in [0.2, 0.25) is 11.7 Å². The number of halogens is 2. The van der Waals surface area contributed by atoms with E-state index in [1.165, 1.54) is 11.8 Å². The van der Waals surface area contributed by atoms with Gasteiger partial charge >= 0.3 is 0 Å². The minimum atomic E-state index is -0.268. The predicted molar refractivity (Wildman–Crippen MR) is 117 cm³/mol. The van der Waals surface area contributed by atoms with Crippen molar-refractivity contribution in [3.8, 4) is 0 Å². The first-order chi connectivity index (χ1) is 14.0. The lowest BCUT2D eigenvalue weighted by molar-refractivity contribution is -0.115. The summed E-state index contributed by atoms with van der Waals surface area (Å²) in [5, 5.41) is 1.63. The Kier molecular flexibility index (Phi) is 5.14. The van der Waals surface area contributed by atoms with Gasteiger partial charge in [0.1, 0.15) is 5.69 Å². The maximum atomic E-state index is 13.3. The topological polar surface area (TPSA) is 53.2 Å². The summed E-state index contributed by atoms with van der Waals surface area (Å²) >= 11 is 12.5. The number of benzene rings is 3. The van der Waals surface area contributed by atoms with Gasteiger partial charge in [-0.25, -0.2) is 0 Å². The molecule has 4 aromatic rings. The molecule has 144 valence electrons. The zero-order valence-electron chi connectivity index (χ0n) is 15.4. The number of H-pyrrole nitrogens is 1. The highest BCUT2D eigenvalue weighted by molar-refractivity contribution is 6.35. The lowest BCUT2D eigenvalue weighted by Crippen LogP contribution is -2.25. The second-order valence-electron chi connectivity index (χ2n) is 6.54. The molecule has 1 N–H and O–H groups in total. The summed E-state index contributed by atoms with van der Waals surface area (Å²) in [6, 6.07) is 21.2. The number of aromatic nitrogens is 1. The van der Waals surface area contributed by atoms with Crippen LogP contribution in [0.3, 0.4) is 0 Å². The number of amides is 1. The first-order valence-corrected chi connectivity index (χ1v) is 9.69. The Labute approximate surface area is 177 Å². The number of hydrogen-bond acceptors (Lipinski definition) is 2. The smallest absolute Gasteiger partial charge is 0.228 e. The highest BCUT2D eigenvalue weighted by Crippen LogP contribution is 2.40. The van der Waals surface area contributed by atoms with Crippen LogP contribution in [0.4, 0.5) is 11.4 Å². The number of anilines is 2. The Morgan fingerprint density at radius 2 is 1.59 bits per heavy atom. The summed E-state index contributed by atoms with van der Waals surface area (Å²) in [6.45, 7) is 1.44. The lowest BCUT2D eigenvalue weighted by atomic mass is 10.1. The van der Waals surface area contributed by atoms with Crippen LogP contribution in [0.25, 0.3) is 10.9 Å². The fourth-order valence-corrected chi connectivity index (χ4v) is 3.76. The number of carbonyl (C=O) groups is 2. The Bertz CT molecular complexity index is 1230. The maximum absolute atomic E-state index is 13.3. The average molecular weight is 423 g/mol. The van der Waals surface area contributed by atoms with Crippen molar-refractivity contribution in [1.82, 2.24) is 4.98 Å². The van der Waals surface area contributed by atoms with E-state index in [9.17, 15) is 9.59 Å². The van der Waals surface area contributed by atoms with Crippen LogP contribution in [0, 0.1) is 0 Å². The molecule has 0 aliphatic heterocycles. The van der Waals surface area contributed by atoms with Crippen LogP contribution in [0.5, 0.6) is 0 Å². The van der Waals surface area contributed by atoms with Crippen LogP contribution >= 0.6 is 23.2 Å². The fourth-order valence-electron chi connectivity index (χ4n) is 3.37. The highest BCUT2D eigenvalue weighted by Gasteiger charge is 2.28. The molecule has 0 aliphatic rings. The van der Waals surface area contributed by atoms with Crippen molar-refractivity contribution in [3.63, 3.8) is 0 Å². The first kappa shape index (κ1) is 19.2. The summed E-state index contributed by atoms with van der Waals surface area (Å²) in [4.78, 5) is 30.7. The molecule has 4 rings (SSSR count). The molecule has 0 atom stereocenters. The van der Waals surface area contributed by atoms with Crippen LogP contribution < -0.4 is 4.90 Å². The molecule has 0 unspecified atom stereocenters. The first-order valence-electron chi connectivity index (χ1n) is 8.93. The Morgan fingerprint density at radius 3 is 2.28 bits per heavy atom. The van der Waals surface area contributed by atoms with Crippen LogP contribution in [0.15, 0.2) is 72.8 Å². The molecule has 1 amide bonds. The van der Waals surface area contributed by atoms with Crippen LogP contribution in [-0.2, 0) is 4.79 Å². The minimum absolute atomic E-state index is 0.230. The second kappa shape index (κ2) is 7.74. The summed E-state index contributed by atoms with van der Waals surface area (Å²) in [5.74, 6) is -0.498. The molecule has 0 spiro atoms. The normalized spacial score (nSPS) is 10.9. The van der Waals surface area contributed by atoms with Gasteiger partial charge in [-0.3, -0.25) is 14.5 Å². The van der Waals surface area contributed by atoms with Gasteiger partial charge in [0.15, 0.2) is 0 Å². The molecule has 6 heteroatoms. The fraction of sp³-hybridized carbons (Fsp3) is 0.0435. The number of hydrogen-bond donors (Lipinski definition) is 1. The van der Waals surface area contributed by atoms with E-state index in [1.54, 1.807) is 66.7 Å². The van der Waals surface area contributed by atoms with Gasteiger partial charge < -0.3 is 4.98 Å². The van der Waals surface area contributed by atoms with E-state index in [1.807, 2.05) is 6.07 Å². The molecule has 0 saturated heterocycles. The highest BCUT2D eigenvalue weighted by atomic mass is 35.5. The number of rotatable bonds is 4. The van der Waals surface area contributed by atoms with Crippen LogP contribution in [0.1, 0.15) is 23.0 Å². The number of carbonyl (C=O) groups excluding carboxylic acids is 2. The molecular formula is C23H16Cl2N2O2. The van der Waals surface area contributed by atoms with Crippen LogP contribution in [-0.4, -0.2) is 16.7 Å². The van der Waals surface area contributed by atoms with Crippen molar-refractivity contribution in [2.45, 2.75) is 6.92 Å². The molecule has 29 heavy (non-hydrogen) atoms. The van der Waals surface area contributed by atoms with Gasteiger partial charge in [0.05, 0.1) is 16.4 Å². The molecule has 4 nitrogen and oxygen atoms in total. The van der Waals surface area contributed by atoms with Crippen molar-refractivity contribution in [1.29, 1.82) is 0 Å². The quantitative estimate of drug-likeness (QED) is 0.387. The summed E-state index contributed by atoms with van der Waals surface area (Å²) in [7, 11) is 0. The molecule has 1 aromatic heterocycles. The van der Waals surface area contributed by atoms with E-state index in [0.717, 1.165) is 0 Å². The van der Waals surface area contributed by atoms with E-state index in [2.05, 4.69) is 4.98 Å². The molecule has 0 bridgehead atoms. The monoisotopic (exact) mass is 422 g/mol. The number of fused-ring (bicyclic) bond motifs is 1. The van der Waals surface area contributed by atoms with E-state index in [0.29, 0.717) is 43.6 Å². The molecule has 0 fully saturated rings. The Morgan fingerprint density at radius 1 is 0.897 bits per heavy atom. The minimum Gasteiger partial charge on any atom is -0.350 e. The van der Waals surface area contributed by atoms with Gasteiger partial charge in [0.25, 0.3) is 0 Å². The standard InChI is InChI=1S/C23H16Cl2N2O2/c1-14(28)27(20-10-6-5-9-18(20)25)22-17-12-11-16(24)13-19(17)26-21(22)23(29)15-7-3-2-4-8-15/h2-13,26H,1H3. The molecule has 1 heterocycles. The predicted octanol–water partition coefficient (Wildman–Crippen LogP) is 6.39. The largest absolute Gasteiger partial charge is 0.350 e. The zero-order valence-corrected chi connectivity index (χ0v) is 17.0. The third-order valence-electron chi connectivity index (χ3n) is 4.63. The maximum Gasteiger partial charge on any atom is 0.228 e. The third kappa shape index (κ3) is 3.53. The van der Waals surface area contributed by atoms with Gasteiger partial charge in [-0.1, -0.05) is 65.7 Å². The van der Waals surface area contributed by atoms with E-state index in [-0.39, 0.29) is 11.7 Å². The van der Waals surface area contributed by atoms with Crippen molar-refractivity contribution in [2.24, 2.45) is 0 Å². The molecule has 3 aromatic carbocycles. The number of para-hydroxylation sites is 1. The van der Waals surface area contributed by atoms with Crippen LogP contribution in [0.2, 0.25) is 10.0 Å².